The summed E-state index contributed by atoms with van der Waals surface area (Å²) in [6.07, 6.45) is 5.91. The lowest BCUT2D eigenvalue weighted by Crippen LogP contribution is -2.49. The molecule has 1 saturated heterocycles. The summed E-state index contributed by atoms with van der Waals surface area (Å²) in [5.74, 6) is 0.404. The Morgan fingerprint density at radius 3 is 2.46 bits per heavy atom. The molecule has 280 valence electrons. The SMILES string of the molecule is CC/C(=C(/C=O)N1CCN(C(=O)c2ncnc(C)c2O)CC1)N(CC=O)c1nc(C2=CCOCC2)nn1C.CNc1ccc(SC(F)(F)F)cc1Cl. The average Bonchev–Trinajstić information content (AvgIpc) is 3.52. The van der Waals surface area contributed by atoms with Gasteiger partial charge in [-0.05, 0) is 55.3 Å². The first-order chi connectivity index (χ1) is 24.8. The number of halogens is 4. The number of allylic oxidation sites excluding steroid dienone is 2. The van der Waals surface area contributed by atoms with Gasteiger partial charge in [0.05, 0.1) is 41.9 Å². The van der Waals surface area contributed by atoms with Crippen molar-refractivity contribution in [3.8, 4) is 5.75 Å². The van der Waals surface area contributed by atoms with E-state index in [4.69, 9.17) is 21.3 Å². The van der Waals surface area contributed by atoms with Crippen molar-refractivity contribution in [3.63, 3.8) is 0 Å². The number of hydrogen-bond acceptors (Lipinski definition) is 13. The first-order valence-electron chi connectivity index (χ1n) is 16.2. The number of nitrogens with one attached hydrogen (secondary N) is 1. The molecular weight excluding hydrogens is 727 g/mol. The molecule has 3 aromatic rings. The number of anilines is 2. The van der Waals surface area contributed by atoms with Crippen molar-refractivity contribution in [3.05, 3.63) is 64.2 Å². The lowest BCUT2D eigenvalue weighted by molar-refractivity contribution is -0.107. The van der Waals surface area contributed by atoms with Crippen LogP contribution in [0.1, 0.15) is 41.8 Å². The van der Waals surface area contributed by atoms with E-state index in [1.165, 1.54) is 24.5 Å². The van der Waals surface area contributed by atoms with Gasteiger partial charge in [-0.3, -0.25) is 9.59 Å². The molecule has 0 bridgehead atoms. The van der Waals surface area contributed by atoms with Crippen LogP contribution in [0.4, 0.5) is 24.8 Å². The summed E-state index contributed by atoms with van der Waals surface area (Å²) in [5.41, 5.74) is -1.33. The molecular formula is C33H39ClF3N9O5S. The molecule has 0 atom stereocenters. The van der Waals surface area contributed by atoms with Gasteiger partial charge in [-0.1, -0.05) is 24.6 Å². The predicted molar refractivity (Wildman–Crippen MR) is 190 cm³/mol. The average molecular weight is 766 g/mol. The summed E-state index contributed by atoms with van der Waals surface area (Å²) in [6, 6.07) is 4.16. The number of aryl methyl sites for hydroxylation is 2. The number of hydrogen-bond donors (Lipinski definition) is 2. The van der Waals surface area contributed by atoms with Crippen LogP contribution in [-0.4, -0.2) is 117 Å². The highest BCUT2D eigenvalue weighted by Crippen LogP contribution is 2.39. The van der Waals surface area contributed by atoms with E-state index >= 15 is 0 Å². The zero-order valence-corrected chi connectivity index (χ0v) is 30.6. The van der Waals surface area contributed by atoms with Gasteiger partial charge in [0, 0.05) is 50.9 Å². The van der Waals surface area contributed by atoms with Crippen LogP contribution < -0.4 is 10.2 Å². The third kappa shape index (κ3) is 10.0. The number of alkyl halides is 3. The van der Waals surface area contributed by atoms with E-state index in [1.54, 1.807) is 35.5 Å². The summed E-state index contributed by atoms with van der Waals surface area (Å²) in [5, 5.41) is 17.8. The first kappa shape index (κ1) is 40.1. The van der Waals surface area contributed by atoms with Gasteiger partial charge in [0.2, 0.25) is 5.95 Å². The summed E-state index contributed by atoms with van der Waals surface area (Å²) in [4.78, 5) is 54.9. The quantitative estimate of drug-likeness (QED) is 0.157. The molecule has 1 amide bonds. The van der Waals surface area contributed by atoms with Gasteiger partial charge >= 0.3 is 5.51 Å². The molecule has 2 aliphatic rings. The third-order valence-corrected chi connectivity index (χ3v) is 9.15. The maximum absolute atomic E-state index is 13.0. The number of carbonyl (C=O) groups is 3. The molecule has 2 N–H and O–H groups in total. The van der Waals surface area contributed by atoms with E-state index in [0.717, 1.165) is 18.1 Å². The van der Waals surface area contributed by atoms with Crippen molar-refractivity contribution >= 4 is 59.1 Å². The number of piperazine rings is 1. The molecule has 52 heavy (non-hydrogen) atoms. The van der Waals surface area contributed by atoms with Crippen LogP contribution in [0.5, 0.6) is 5.75 Å². The van der Waals surface area contributed by atoms with Gasteiger partial charge in [0.1, 0.15) is 12.6 Å². The molecule has 5 rings (SSSR count). The van der Waals surface area contributed by atoms with Gasteiger partial charge in [0.15, 0.2) is 23.6 Å². The highest BCUT2D eigenvalue weighted by atomic mass is 35.5. The Morgan fingerprint density at radius 2 is 1.88 bits per heavy atom. The highest BCUT2D eigenvalue weighted by Gasteiger charge is 2.31. The van der Waals surface area contributed by atoms with Crippen molar-refractivity contribution in [1.82, 2.24) is 34.5 Å². The van der Waals surface area contributed by atoms with Crippen molar-refractivity contribution in [2.45, 2.75) is 37.1 Å². The molecule has 14 nitrogen and oxygen atoms in total. The highest BCUT2D eigenvalue weighted by molar-refractivity contribution is 8.00. The minimum absolute atomic E-state index is 0.000559. The maximum atomic E-state index is 13.0. The Morgan fingerprint density at radius 1 is 1.17 bits per heavy atom. The topological polar surface area (TPSA) is 159 Å². The lowest BCUT2D eigenvalue weighted by atomic mass is 10.1. The number of aromatic hydroxyl groups is 1. The number of thioether (sulfide) groups is 1. The van der Waals surface area contributed by atoms with E-state index < -0.39 is 11.4 Å². The molecule has 0 saturated carbocycles. The number of nitrogens with zero attached hydrogens (tertiary/aromatic N) is 8. The largest absolute Gasteiger partial charge is 0.504 e. The van der Waals surface area contributed by atoms with Gasteiger partial charge in [-0.15, -0.1) is 5.10 Å². The molecule has 4 heterocycles. The normalized spacial score (nSPS) is 15.2. The molecule has 1 fully saturated rings. The van der Waals surface area contributed by atoms with Crippen LogP contribution in [0, 0.1) is 6.92 Å². The predicted octanol–water partition coefficient (Wildman–Crippen LogP) is 4.70. The number of rotatable bonds is 11. The fourth-order valence-electron chi connectivity index (χ4n) is 5.52. The second-order valence-electron chi connectivity index (χ2n) is 11.4. The Labute approximate surface area is 307 Å². The van der Waals surface area contributed by atoms with Crippen molar-refractivity contribution in [2.75, 3.05) is 63.2 Å². The Bertz CT molecular complexity index is 1810. The van der Waals surface area contributed by atoms with Gasteiger partial charge in [-0.2, -0.15) is 18.2 Å². The van der Waals surface area contributed by atoms with E-state index in [0.29, 0.717) is 86.8 Å². The summed E-state index contributed by atoms with van der Waals surface area (Å²) in [6.45, 7) is 6.04. The number of benzene rings is 1. The Balaban J connectivity index is 0.000000363. The molecule has 1 aromatic carbocycles. The molecule has 2 aliphatic heterocycles. The monoisotopic (exact) mass is 765 g/mol. The number of ether oxygens (including phenoxy) is 1. The van der Waals surface area contributed by atoms with Gasteiger partial charge in [-0.25, -0.2) is 14.6 Å². The van der Waals surface area contributed by atoms with Crippen LogP contribution in [0.15, 0.2) is 46.9 Å². The minimum atomic E-state index is -4.27. The fourth-order valence-corrected chi connectivity index (χ4v) is 6.44. The zero-order valence-electron chi connectivity index (χ0n) is 29.0. The molecule has 0 radical (unpaired) electrons. The van der Waals surface area contributed by atoms with Crippen LogP contribution in [0.25, 0.3) is 5.57 Å². The summed E-state index contributed by atoms with van der Waals surface area (Å²) < 4.78 is 42.9. The number of aldehydes is 2. The standard InChI is InChI=1S/C25H32N8O5.C8H7ClF3NS/c1-4-19(33(11-12-34)25-28-23(29-30(25)3)18-5-13-38-14-6-18)20(15-35)31-7-9-32(10-8-31)24(37)21-22(36)17(2)26-16-27-21;1-13-7-3-2-5(4-6(7)9)14-8(10,11)12/h5,12,15-16,36H,4,6-11,13-14H2,1-3H3;2-4,13H,1H3/b20-19+;. The summed E-state index contributed by atoms with van der Waals surface area (Å²) in [7, 11) is 3.41. The molecule has 19 heteroatoms. The van der Waals surface area contributed by atoms with E-state index in [2.05, 4.69) is 20.4 Å². The third-order valence-electron chi connectivity index (χ3n) is 8.12. The lowest BCUT2D eigenvalue weighted by Gasteiger charge is -2.37. The van der Waals surface area contributed by atoms with E-state index in [9.17, 15) is 32.7 Å². The second kappa shape index (κ2) is 18.2. The van der Waals surface area contributed by atoms with E-state index in [1.807, 2.05) is 17.9 Å². The number of aromatic nitrogens is 5. The fraction of sp³-hybridized carbons (Fsp3) is 0.424. The Kier molecular flexibility index (Phi) is 14.0. The van der Waals surface area contributed by atoms with Crippen LogP contribution in [0.3, 0.4) is 0 Å². The molecule has 0 unspecified atom stereocenters. The molecule has 0 aliphatic carbocycles. The van der Waals surface area contributed by atoms with Crippen LogP contribution in [0.2, 0.25) is 5.02 Å². The van der Waals surface area contributed by atoms with Crippen molar-refractivity contribution < 1.29 is 37.4 Å². The smallest absolute Gasteiger partial charge is 0.446 e. The second-order valence-corrected chi connectivity index (χ2v) is 12.9. The first-order valence-corrected chi connectivity index (χ1v) is 17.4. The number of amides is 1. The maximum Gasteiger partial charge on any atom is 0.446 e. The van der Waals surface area contributed by atoms with E-state index in [-0.39, 0.29) is 39.7 Å². The molecule has 0 spiro atoms. The van der Waals surface area contributed by atoms with Gasteiger partial charge in [0.25, 0.3) is 5.91 Å². The molecule has 2 aromatic heterocycles. The number of carbonyl (C=O) groups excluding carboxylic acids is 3. The van der Waals surface area contributed by atoms with Crippen LogP contribution in [-0.2, 0) is 21.4 Å². The minimum Gasteiger partial charge on any atom is -0.504 e. The van der Waals surface area contributed by atoms with Gasteiger partial charge < -0.3 is 34.7 Å². The van der Waals surface area contributed by atoms with Crippen molar-refractivity contribution in [2.24, 2.45) is 7.05 Å². The summed E-state index contributed by atoms with van der Waals surface area (Å²) >= 11 is 5.54. The van der Waals surface area contributed by atoms with Crippen LogP contribution >= 0.6 is 23.4 Å². The zero-order chi connectivity index (χ0) is 38.0. The Hall–Kier alpha value is -4.68. The van der Waals surface area contributed by atoms with Crippen molar-refractivity contribution in [1.29, 1.82) is 0 Å².